The molecular weight excluding hydrogens is 388 g/mol. The van der Waals surface area contributed by atoms with E-state index >= 15 is 0 Å². The molecule has 8 nitrogen and oxygen atoms in total. The van der Waals surface area contributed by atoms with Crippen LogP contribution < -0.4 is 10.1 Å². The molecule has 2 amide bonds. The summed E-state index contributed by atoms with van der Waals surface area (Å²) >= 11 is 0. The second kappa shape index (κ2) is 7.14. The van der Waals surface area contributed by atoms with Gasteiger partial charge in [0.05, 0.1) is 25.5 Å². The van der Waals surface area contributed by atoms with Gasteiger partial charge in [0.15, 0.2) is 11.5 Å². The number of amides is 2. The Kier molecular flexibility index (Phi) is 4.74. The smallest absolute Gasteiger partial charge is 0.324 e. The average Bonchev–Trinajstić information content (AvgIpc) is 3.18. The van der Waals surface area contributed by atoms with Crippen LogP contribution in [0.5, 0.6) is 11.5 Å². The number of phenolic OH excluding ortho intramolecular Hbond substituents is 1. The van der Waals surface area contributed by atoms with E-state index < -0.39 is 41.2 Å². The van der Waals surface area contributed by atoms with Crippen LogP contribution in [-0.4, -0.2) is 45.5 Å². The third-order valence-electron chi connectivity index (χ3n) is 6.07. The number of hydrogen-bond donors (Lipinski definition) is 3. The van der Waals surface area contributed by atoms with Gasteiger partial charge in [-0.25, -0.2) is 0 Å². The van der Waals surface area contributed by atoms with Gasteiger partial charge >= 0.3 is 5.97 Å². The van der Waals surface area contributed by atoms with Crippen molar-refractivity contribution in [3.63, 3.8) is 0 Å². The lowest BCUT2D eigenvalue weighted by atomic mass is 9.80. The molecule has 2 aromatic carbocycles. The van der Waals surface area contributed by atoms with Gasteiger partial charge < -0.3 is 14.9 Å². The predicted molar refractivity (Wildman–Crippen MR) is 106 cm³/mol. The Bertz CT molecular complexity index is 1020. The van der Waals surface area contributed by atoms with Crippen molar-refractivity contribution in [1.82, 2.24) is 10.2 Å². The van der Waals surface area contributed by atoms with Crippen LogP contribution in [0.2, 0.25) is 0 Å². The molecule has 8 heteroatoms. The zero-order chi connectivity index (χ0) is 21.6. The summed E-state index contributed by atoms with van der Waals surface area (Å²) < 4.78 is 5.15. The Hall–Kier alpha value is -3.39. The fraction of sp³-hybridized carbons (Fsp3) is 0.318. The van der Waals surface area contributed by atoms with Crippen LogP contribution in [0.4, 0.5) is 0 Å². The number of fused-ring (bicyclic) bond motifs is 1. The highest BCUT2D eigenvalue weighted by molar-refractivity contribution is 6.09. The van der Waals surface area contributed by atoms with E-state index in [9.17, 15) is 24.6 Å². The van der Waals surface area contributed by atoms with Crippen LogP contribution in [0, 0.1) is 11.8 Å². The molecule has 4 unspecified atom stereocenters. The lowest BCUT2D eigenvalue weighted by Crippen LogP contribution is -2.53. The first kappa shape index (κ1) is 19.9. The minimum atomic E-state index is -1.61. The molecule has 4 atom stereocenters. The van der Waals surface area contributed by atoms with Crippen molar-refractivity contribution in [3.05, 3.63) is 59.7 Å². The molecule has 0 aromatic heterocycles. The maximum atomic E-state index is 13.3. The van der Waals surface area contributed by atoms with E-state index in [2.05, 4.69) is 5.32 Å². The number of phenols is 1. The van der Waals surface area contributed by atoms with Gasteiger partial charge in [0.2, 0.25) is 11.8 Å². The summed E-state index contributed by atoms with van der Waals surface area (Å²) in [5, 5.41) is 22.8. The minimum Gasteiger partial charge on any atom is -0.504 e. The lowest BCUT2D eigenvalue weighted by molar-refractivity contribution is -0.150. The number of ether oxygens (including phenoxy) is 1. The summed E-state index contributed by atoms with van der Waals surface area (Å²) in [6, 6.07) is 12.9. The number of carbonyl (C=O) groups is 3. The molecule has 4 rings (SSSR count). The molecule has 0 radical (unpaired) electrons. The number of carboxylic acids is 1. The van der Waals surface area contributed by atoms with Crippen molar-refractivity contribution < 1.29 is 29.3 Å². The molecule has 156 valence electrons. The molecule has 0 saturated carbocycles. The van der Waals surface area contributed by atoms with Crippen molar-refractivity contribution in [2.45, 2.75) is 25.0 Å². The molecule has 2 heterocycles. The molecule has 2 aliphatic heterocycles. The molecule has 2 aliphatic rings. The number of carbonyl (C=O) groups excluding carboxylic acids is 2. The van der Waals surface area contributed by atoms with Crippen LogP contribution in [-0.2, 0) is 20.9 Å². The first-order valence-corrected chi connectivity index (χ1v) is 9.55. The van der Waals surface area contributed by atoms with Crippen molar-refractivity contribution >= 4 is 17.8 Å². The fourth-order valence-corrected chi connectivity index (χ4v) is 4.49. The van der Waals surface area contributed by atoms with Gasteiger partial charge in [0, 0.05) is 6.04 Å². The molecule has 0 aliphatic carbocycles. The average molecular weight is 410 g/mol. The zero-order valence-corrected chi connectivity index (χ0v) is 16.5. The van der Waals surface area contributed by atoms with Crippen LogP contribution in [0.3, 0.4) is 0 Å². The van der Waals surface area contributed by atoms with Crippen molar-refractivity contribution in [3.8, 4) is 11.5 Å². The molecule has 30 heavy (non-hydrogen) atoms. The number of hydrogen-bond acceptors (Lipinski definition) is 6. The molecule has 0 spiro atoms. The third kappa shape index (κ3) is 2.91. The van der Waals surface area contributed by atoms with Gasteiger partial charge in [-0.1, -0.05) is 36.4 Å². The molecular formula is C22H22N2O6. The lowest BCUT2D eigenvalue weighted by Gasteiger charge is -2.27. The Morgan fingerprint density at radius 1 is 1.17 bits per heavy atom. The summed E-state index contributed by atoms with van der Waals surface area (Å²) in [6.45, 7) is 1.52. The monoisotopic (exact) mass is 410 g/mol. The molecule has 2 saturated heterocycles. The topological polar surface area (TPSA) is 116 Å². The highest BCUT2D eigenvalue weighted by Crippen LogP contribution is 2.49. The summed E-state index contributed by atoms with van der Waals surface area (Å²) in [5.41, 5.74) is -0.266. The maximum absolute atomic E-state index is 13.3. The predicted octanol–water partition coefficient (Wildman–Crippen LogP) is 1.69. The largest absolute Gasteiger partial charge is 0.504 e. The van der Waals surface area contributed by atoms with Crippen LogP contribution in [0.1, 0.15) is 24.1 Å². The van der Waals surface area contributed by atoms with E-state index in [1.165, 1.54) is 20.1 Å². The molecule has 0 bridgehead atoms. The second-order valence-electron chi connectivity index (χ2n) is 7.81. The Morgan fingerprint density at radius 2 is 1.87 bits per heavy atom. The maximum Gasteiger partial charge on any atom is 0.324 e. The minimum absolute atomic E-state index is 0.0728. The number of aliphatic carboxylic acids is 1. The summed E-state index contributed by atoms with van der Waals surface area (Å²) in [6.07, 6.45) is 0. The highest BCUT2D eigenvalue weighted by Gasteiger charge is 2.66. The summed E-state index contributed by atoms with van der Waals surface area (Å²) in [7, 11) is 1.40. The SMILES string of the molecule is COc1cc(C2NC(C)(C(=O)O)C3C(=O)N(Cc4ccccc4)C(=O)C23)ccc1O. The standard InChI is InChI=1S/C22H22N2O6/c1-22(21(28)29)17-16(18(23-22)13-8-9-14(25)15(10-13)30-2)19(26)24(20(17)27)11-12-6-4-3-5-7-12/h3-10,16-18,23,25H,11H2,1-2H3,(H,28,29). The second-order valence-corrected chi connectivity index (χ2v) is 7.81. The third-order valence-corrected chi connectivity index (χ3v) is 6.07. The van der Waals surface area contributed by atoms with Crippen LogP contribution in [0.15, 0.2) is 48.5 Å². The van der Waals surface area contributed by atoms with E-state index in [0.717, 1.165) is 10.5 Å². The number of nitrogens with zero attached hydrogens (tertiary/aromatic N) is 1. The fourth-order valence-electron chi connectivity index (χ4n) is 4.49. The Balaban J connectivity index is 1.75. The van der Waals surface area contributed by atoms with Crippen molar-refractivity contribution in [1.29, 1.82) is 0 Å². The van der Waals surface area contributed by atoms with Gasteiger partial charge in [0.1, 0.15) is 5.54 Å². The van der Waals surface area contributed by atoms with E-state index in [-0.39, 0.29) is 18.0 Å². The van der Waals surface area contributed by atoms with Crippen molar-refractivity contribution in [2.24, 2.45) is 11.8 Å². The van der Waals surface area contributed by atoms with Crippen LogP contribution >= 0.6 is 0 Å². The number of likely N-dealkylation sites (tertiary alicyclic amines) is 1. The summed E-state index contributed by atoms with van der Waals surface area (Å²) in [4.78, 5) is 39.8. The highest BCUT2D eigenvalue weighted by atomic mass is 16.5. The van der Waals surface area contributed by atoms with Gasteiger partial charge in [-0.2, -0.15) is 0 Å². The number of rotatable bonds is 5. The number of aromatic hydroxyl groups is 1. The van der Waals surface area contributed by atoms with Crippen LogP contribution in [0.25, 0.3) is 0 Å². The van der Waals surface area contributed by atoms with E-state index in [1.54, 1.807) is 12.1 Å². The van der Waals surface area contributed by atoms with Crippen molar-refractivity contribution in [2.75, 3.05) is 7.11 Å². The number of benzene rings is 2. The number of nitrogens with one attached hydrogen (secondary N) is 1. The number of methoxy groups -OCH3 is 1. The quantitative estimate of drug-likeness (QED) is 0.643. The molecule has 2 fully saturated rings. The number of imide groups is 1. The number of carboxylic acid groups (broad SMARTS) is 1. The van der Waals surface area contributed by atoms with Gasteiger partial charge in [-0.05, 0) is 30.2 Å². The van der Waals surface area contributed by atoms with Gasteiger partial charge in [0.25, 0.3) is 0 Å². The normalized spacial score (nSPS) is 27.9. The first-order valence-electron chi connectivity index (χ1n) is 9.55. The summed E-state index contributed by atoms with van der Waals surface area (Å²) in [5.74, 6) is -3.91. The first-order chi connectivity index (χ1) is 14.3. The van der Waals surface area contributed by atoms with E-state index in [1.807, 2.05) is 30.3 Å². The zero-order valence-electron chi connectivity index (χ0n) is 16.5. The Morgan fingerprint density at radius 3 is 2.50 bits per heavy atom. The Labute approximate surface area is 173 Å². The van der Waals surface area contributed by atoms with E-state index in [4.69, 9.17) is 4.74 Å². The van der Waals surface area contributed by atoms with Gasteiger partial charge in [-0.3, -0.25) is 24.6 Å². The molecule has 2 aromatic rings. The van der Waals surface area contributed by atoms with E-state index in [0.29, 0.717) is 5.56 Å². The molecule has 3 N–H and O–H groups in total. The van der Waals surface area contributed by atoms with Gasteiger partial charge in [-0.15, -0.1) is 0 Å².